The number of aromatic nitrogens is 3. The first-order valence-corrected chi connectivity index (χ1v) is 8.09. The summed E-state index contributed by atoms with van der Waals surface area (Å²) in [5.41, 5.74) is -0.360. The molecule has 0 fully saturated rings. The lowest BCUT2D eigenvalue weighted by Crippen LogP contribution is -2.34. The lowest BCUT2D eigenvalue weighted by molar-refractivity contribution is -0.137. The molecule has 3 rings (SSSR count). The van der Waals surface area contributed by atoms with Crippen LogP contribution in [0.25, 0.3) is 11.1 Å². The molecule has 0 aliphatic heterocycles. The minimum Gasteiger partial charge on any atom is -0.347 e. The van der Waals surface area contributed by atoms with Crippen molar-refractivity contribution in [2.75, 3.05) is 23.3 Å². The second-order valence-corrected chi connectivity index (χ2v) is 5.75. The van der Waals surface area contributed by atoms with Gasteiger partial charge in [0.15, 0.2) is 0 Å². The molecule has 0 aliphatic carbocycles. The SMILES string of the molecule is CCN(CC(=O)Nc1ccccc1C(F)(F)F)c1ncnc2onc(C)c12. The van der Waals surface area contributed by atoms with E-state index in [0.29, 0.717) is 23.4 Å². The molecule has 1 amide bonds. The molecule has 0 atom stereocenters. The van der Waals surface area contributed by atoms with Crippen molar-refractivity contribution >= 4 is 28.5 Å². The minimum absolute atomic E-state index is 0.195. The van der Waals surface area contributed by atoms with E-state index < -0.39 is 17.6 Å². The number of anilines is 2. The Labute approximate surface area is 152 Å². The van der Waals surface area contributed by atoms with Gasteiger partial charge in [0, 0.05) is 6.54 Å². The number of alkyl halides is 3. The Bertz CT molecular complexity index is 971. The van der Waals surface area contributed by atoms with Crippen LogP contribution in [-0.4, -0.2) is 34.1 Å². The number of nitrogens with zero attached hydrogens (tertiary/aromatic N) is 4. The summed E-state index contributed by atoms with van der Waals surface area (Å²) in [5.74, 6) is -0.171. The molecule has 2 heterocycles. The number of para-hydroxylation sites is 1. The number of rotatable bonds is 5. The lowest BCUT2D eigenvalue weighted by Gasteiger charge is -2.22. The third-order valence-corrected chi connectivity index (χ3v) is 3.95. The first-order chi connectivity index (χ1) is 12.8. The molecule has 0 radical (unpaired) electrons. The number of fused-ring (bicyclic) bond motifs is 1. The Morgan fingerprint density at radius 2 is 2.00 bits per heavy atom. The monoisotopic (exact) mass is 379 g/mol. The third-order valence-electron chi connectivity index (χ3n) is 3.95. The van der Waals surface area contributed by atoms with Crippen molar-refractivity contribution in [1.29, 1.82) is 0 Å². The van der Waals surface area contributed by atoms with Crippen LogP contribution in [0.15, 0.2) is 35.1 Å². The van der Waals surface area contributed by atoms with E-state index in [4.69, 9.17) is 4.52 Å². The van der Waals surface area contributed by atoms with Gasteiger partial charge in [-0.05, 0) is 26.0 Å². The summed E-state index contributed by atoms with van der Waals surface area (Å²) >= 11 is 0. The average molecular weight is 379 g/mol. The van der Waals surface area contributed by atoms with Crippen molar-refractivity contribution in [3.8, 4) is 0 Å². The van der Waals surface area contributed by atoms with Crippen LogP contribution in [0.3, 0.4) is 0 Å². The molecule has 27 heavy (non-hydrogen) atoms. The standard InChI is InChI=1S/C17H16F3N5O2/c1-3-25(15-14-10(2)24-27-16(14)22-9-21-15)8-13(26)23-12-7-5-4-6-11(12)17(18,19)20/h4-7,9H,3,8H2,1-2H3,(H,23,26). The summed E-state index contributed by atoms with van der Waals surface area (Å²) in [7, 11) is 0. The number of likely N-dealkylation sites (N-methyl/N-ethyl adjacent to an activating group) is 1. The maximum absolute atomic E-state index is 13.1. The Morgan fingerprint density at radius 1 is 1.26 bits per heavy atom. The van der Waals surface area contributed by atoms with Crippen LogP contribution in [0.1, 0.15) is 18.2 Å². The molecule has 0 saturated carbocycles. The van der Waals surface area contributed by atoms with Gasteiger partial charge in [0.2, 0.25) is 5.91 Å². The van der Waals surface area contributed by atoms with Gasteiger partial charge in [-0.1, -0.05) is 17.3 Å². The quantitative estimate of drug-likeness (QED) is 0.731. The van der Waals surface area contributed by atoms with Crippen molar-refractivity contribution in [2.24, 2.45) is 0 Å². The van der Waals surface area contributed by atoms with Crippen LogP contribution < -0.4 is 10.2 Å². The number of carbonyl (C=O) groups is 1. The van der Waals surface area contributed by atoms with Crippen LogP contribution in [0.4, 0.5) is 24.7 Å². The first-order valence-electron chi connectivity index (χ1n) is 8.09. The van der Waals surface area contributed by atoms with Crippen molar-refractivity contribution < 1.29 is 22.5 Å². The van der Waals surface area contributed by atoms with Crippen molar-refractivity contribution in [2.45, 2.75) is 20.0 Å². The predicted molar refractivity (Wildman–Crippen MR) is 92.3 cm³/mol. The van der Waals surface area contributed by atoms with Crippen LogP contribution >= 0.6 is 0 Å². The van der Waals surface area contributed by atoms with Gasteiger partial charge in [0.05, 0.1) is 23.5 Å². The molecule has 1 aromatic carbocycles. The molecule has 10 heteroatoms. The van der Waals surface area contributed by atoms with Gasteiger partial charge in [-0.2, -0.15) is 18.2 Å². The minimum atomic E-state index is -4.56. The van der Waals surface area contributed by atoms with E-state index in [1.165, 1.54) is 24.5 Å². The second kappa shape index (κ2) is 7.22. The van der Waals surface area contributed by atoms with Gasteiger partial charge in [-0.3, -0.25) is 4.79 Å². The van der Waals surface area contributed by atoms with Crippen LogP contribution in [0, 0.1) is 6.92 Å². The predicted octanol–water partition coefficient (Wildman–Crippen LogP) is 3.41. The fourth-order valence-electron chi connectivity index (χ4n) is 2.68. The highest BCUT2D eigenvalue weighted by molar-refractivity contribution is 5.96. The van der Waals surface area contributed by atoms with E-state index in [2.05, 4.69) is 20.4 Å². The molecule has 0 aliphatic rings. The summed E-state index contributed by atoms with van der Waals surface area (Å²) < 4.78 is 44.3. The number of carbonyl (C=O) groups excluding carboxylic acids is 1. The molecule has 0 spiro atoms. The van der Waals surface area contributed by atoms with Crippen molar-refractivity contribution in [1.82, 2.24) is 15.1 Å². The normalized spacial score (nSPS) is 11.6. The molecular formula is C17H16F3N5O2. The van der Waals surface area contributed by atoms with E-state index in [0.717, 1.165) is 6.07 Å². The summed E-state index contributed by atoms with van der Waals surface area (Å²) in [6, 6.07) is 4.83. The van der Waals surface area contributed by atoms with Crippen LogP contribution in [0.5, 0.6) is 0 Å². The van der Waals surface area contributed by atoms with E-state index >= 15 is 0 Å². The molecule has 0 saturated heterocycles. The lowest BCUT2D eigenvalue weighted by atomic mass is 10.1. The summed E-state index contributed by atoms with van der Waals surface area (Å²) in [6.45, 7) is 3.71. The highest BCUT2D eigenvalue weighted by Crippen LogP contribution is 2.34. The third kappa shape index (κ3) is 3.83. The van der Waals surface area contributed by atoms with E-state index in [-0.39, 0.29) is 17.9 Å². The number of nitrogens with one attached hydrogen (secondary N) is 1. The highest BCUT2D eigenvalue weighted by atomic mass is 19.4. The fraction of sp³-hybridized carbons (Fsp3) is 0.294. The molecule has 0 unspecified atom stereocenters. The molecule has 0 bridgehead atoms. The summed E-state index contributed by atoms with van der Waals surface area (Å²) in [6.07, 6.45) is -3.28. The van der Waals surface area contributed by atoms with Crippen molar-refractivity contribution in [3.63, 3.8) is 0 Å². The van der Waals surface area contributed by atoms with Crippen LogP contribution in [0.2, 0.25) is 0 Å². The average Bonchev–Trinajstić information content (AvgIpc) is 3.01. The zero-order chi connectivity index (χ0) is 19.6. The highest BCUT2D eigenvalue weighted by Gasteiger charge is 2.33. The number of amides is 1. The first kappa shape index (κ1) is 18.6. The smallest absolute Gasteiger partial charge is 0.347 e. The molecule has 2 aromatic heterocycles. The Balaban J connectivity index is 1.84. The maximum Gasteiger partial charge on any atom is 0.418 e. The topological polar surface area (TPSA) is 84.2 Å². The molecule has 3 aromatic rings. The van der Waals surface area contributed by atoms with E-state index in [9.17, 15) is 18.0 Å². The number of aryl methyl sites for hydroxylation is 1. The summed E-state index contributed by atoms with van der Waals surface area (Å²) in [4.78, 5) is 22.2. The van der Waals surface area contributed by atoms with Crippen LogP contribution in [-0.2, 0) is 11.0 Å². The zero-order valence-corrected chi connectivity index (χ0v) is 14.5. The molecule has 7 nitrogen and oxygen atoms in total. The fourth-order valence-corrected chi connectivity index (χ4v) is 2.68. The van der Waals surface area contributed by atoms with Crippen molar-refractivity contribution in [3.05, 3.63) is 41.9 Å². The Morgan fingerprint density at radius 3 is 2.70 bits per heavy atom. The number of benzene rings is 1. The molecule has 142 valence electrons. The second-order valence-electron chi connectivity index (χ2n) is 5.75. The van der Waals surface area contributed by atoms with E-state index in [1.54, 1.807) is 18.7 Å². The van der Waals surface area contributed by atoms with Gasteiger partial charge in [0.1, 0.15) is 17.5 Å². The summed E-state index contributed by atoms with van der Waals surface area (Å²) in [5, 5.41) is 6.71. The number of hydrogen-bond acceptors (Lipinski definition) is 6. The maximum atomic E-state index is 13.1. The van der Waals surface area contributed by atoms with E-state index in [1.807, 2.05) is 0 Å². The zero-order valence-electron chi connectivity index (χ0n) is 14.5. The number of hydrogen-bond donors (Lipinski definition) is 1. The van der Waals surface area contributed by atoms with Gasteiger partial charge < -0.3 is 14.7 Å². The van der Waals surface area contributed by atoms with Gasteiger partial charge in [-0.25, -0.2) is 4.98 Å². The molecule has 1 N–H and O–H groups in total. The van der Waals surface area contributed by atoms with Gasteiger partial charge in [-0.15, -0.1) is 0 Å². The molecular weight excluding hydrogens is 363 g/mol. The number of halogens is 3. The largest absolute Gasteiger partial charge is 0.418 e. The Kier molecular flexibility index (Phi) is 4.98. The van der Waals surface area contributed by atoms with Gasteiger partial charge in [0.25, 0.3) is 5.71 Å². The van der Waals surface area contributed by atoms with Gasteiger partial charge >= 0.3 is 6.18 Å². The Hall–Kier alpha value is -3.17.